The van der Waals surface area contributed by atoms with Crippen LogP contribution in [0.2, 0.25) is 5.28 Å². The van der Waals surface area contributed by atoms with Crippen LogP contribution >= 0.6 is 11.6 Å². The lowest BCUT2D eigenvalue weighted by molar-refractivity contribution is -0.186. The van der Waals surface area contributed by atoms with Gasteiger partial charge in [-0.05, 0) is 17.2 Å². The minimum absolute atomic E-state index is 0.00885. The Morgan fingerprint density at radius 1 is 1.15 bits per heavy atom. The summed E-state index contributed by atoms with van der Waals surface area (Å²) in [5.41, 5.74) is 1.91. The first kappa shape index (κ1) is 23.6. The molecule has 0 saturated carbocycles. The molecular weight excluding hydrogens is 475 g/mol. The van der Waals surface area contributed by atoms with Crippen LogP contribution < -0.4 is 4.90 Å². The maximum atomic E-state index is 12.9. The number of hydrogen-bond donors (Lipinski definition) is 0. The lowest BCUT2D eigenvalue weighted by Gasteiger charge is -2.40. The van der Waals surface area contributed by atoms with Crippen LogP contribution in [0.3, 0.4) is 0 Å². The number of aromatic nitrogens is 2. The zero-order chi connectivity index (χ0) is 24.5. The Hall–Kier alpha value is -3.52. The molecule has 4 rings (SSSR count). The SMILES string of the molecule is C#C[C@H]1CN(C(=O)C(F)(F)F)CCN1c1nc(Cl)nc2c1CN(C(=O)OCc1ccccc1)C2. The zero-order valence-corrected chi connectivity index (χ0v) is 18.5. The van der Waals surface area contributed by atoms with Gasteiger partial charge in [0.15, 0.2) is 0 Å². The maximum Gasteiger partial charge on any atom is 0.471 e. The number of ether oxygens (including phenoxy) is 1. The first-order chi connectivity index (χ1) is 16.2. The molecular formula is C22H19ClF3N5O3. The van der Waals surface area contributed by atoms with Gasteiger partial charge < -0.3 is 14.5 Å². The van der Waals surface area contributed by atoms with Crippen molar-refractivity contribution < 1.29 is 27.5 Å². The predicted molar refractivity (Wildman–Crippen MR) is 116 cm³/mol. The molecule has 2 amide bonds. The van der Waals surface area contributed by atoms with Crippen LogP contribution in [-0.2, 0) is 29.2 Å². The van der Waals surface area contributed by atoms with Crippen LogP contribution in [0, 0.1) is 12.3 Å². The van der Waals surface area contributed by atoms with Crippen molar-refractivity contribution in [2.45, 2.75) is 31.9 Å². The van der Waals surface area contributed by atoms with Crippen molar-refractivity contribution in [2.24, 2.45) is 0 Å². The van der Waals surface area contributed by atoms with Gasteiger partial charge in [0.05, 0.1) is 25.3 Å². The van der Waals surface area contributed by atoms with Gasteiger partial charge in [-0.2, -0.15) is 13.2 Å². The summed E-state index contributed by atoms with van der Waals surface area (Å²) >= 11 is 6.10. The number of benzene rings is 1. The quantitative estimate of drug-likeness (QED) is 0.483. The summed E-state index contributed by atoms with van der Waals surface area (Å²) in [7, 11) is 0. The van der Waals surface area contributed by atoms with Gasteiger partial charge in [0, 0.05) is 18.7 Å². The number of rotatable bonds is 3. The number of nitrogens with zero attached hydrogens (tertiary/aromatic N) is 5. The topological polar surface area (TPSA) is 78.9 Å². The van der Waals surface area contributed by atoms with Gasteiger partial charge in [-0.25, -0.2) is 14.8 Å². The van der Waals surface area contributed by atoms with E-state index in [9.17, 15) is 22.8 Å². The number of hydrogen-bond acceptors (Lipinski definition) is 6. The maximum absolute atomic E-state index is 12.9. The average Bonchev–Trinajstić information content (AvgIpc) is 3.25. The summed E-state index contributed by atoms with van der Waals surface area (Å²) in [6.45, 7) is -0.168. The van der Waals surface area contributed by atoms with E-state index in [0.717, 1.165) is 5.56 Å². The van der Waals surface area contributed by atoms with Crippen molar-refractivity contribution >= 4 is 29.4 Å². The van der Waals surface area contributed by atoms with Gasteiger partial charge in [-0.15, -0.1) is 6.42 Å². The summed E-state index contributed by atoms with van der Waals surface area (Å²) in [5.74, 6) is 0.818. The van der Waals surface area contributed by atoms with Gasteiger partial charge in [0.25, 0.3) is 0 Å². The molecule has 1 fully saturated rings. The van der Waals surface area contributed by atoms with Crippen molar-refractivity contribution in [2.75, 3.05) is 24.5 Å². The van der Waals surface area contributed by atoms with Crippen molar-refractivity contribution in [3.63, 3.8) is 0 Å². The number of amides is 2. The molecule has 0 unspecified atom stereocenters. The standard InChI is InChI=1S/C22H19ClF3N5O3/c1-2-15-10-29(19(32)22(24,25)26)8-9-31(15)18-16-11-30(12-17(16)27-20(23)28-18)21(33)34-13-14-6-4-3-5-7-14/h1,3-7,15H,8-13H2/t15-/m0/s1. The fourth-order valence-electron chi connectivity index (χ4n) is 3.93. The molecule has 2 aliphatic heterocycles. The molecule has 34 heavy (non-hydrogen) atoms. The number of fused-ring (bicyclic) bond motifs is 1. The summed E-state index contributed by atoms with van der Waals surface area (Å²) in [4.78, 5) is 36.4. The number of carbonyl (C=O) groups excluding carboxylic acids is 2. The Labute approximate surface area is 198 Å². The summed E-state index contributed by atoms with van der Waals surface area (Å²) in [6, 6.07) is 8.32. The monoisotopic (exact) mass is 493 g/mol. The smallest absolute Gasteiger partial charge is 0.445 e. The Morgan fingerprint density at radius 3 is 2.56 bits per heavy atom. The molecule has 1 atom stereocenters. The van der Waals surface area contributed by atoms with E-state index in [1.807, 2.05) is 30.3 Å². The fraction of sp³-hybridized carbons (Fsp3) is 0.364. The molecule has 0 aliphatic carbocycles. The number of terminal acetylenes is 1. The van der Waals surface area contributed by atoms with Crippen LogP contribution in [0.25, 0.3) is 0 Å². The second kappa shape index (κ2) is 9.38. The minimum atomic E-state index is -4.98. The lowest BCUT2D eigenvalue weighted by atomic mass is 10.1. The number of anilines is 1. The fourth-order valence-corrected chi connectivity index (χ4v) is 4.11. The highest BCUT2D eigenvalue weighted by Crippen LogP contribution is 2.33. The highest BCUT2D eigenvalue weighted by molar-refractivity contribution is 6.28. The van der Waals surface area contributed by atoms with Gasteiger partial charge >= 0.3 is 18.2 Å². The van der Waals surface area contributed by atoms with Crippen molar-refractivity contribution in [1.29, 1.82) is 0 Å². The van der Waals surface area contributed by atoms with Crippen LogP contribution in [0.1, 0.15) is 16.8 Å². The number of carbonyl (C=O) groups is 2. The van der Waals surface area contributed by atoms with Crippen molar-refractivity contribution in [3.05, 3.63) is 52.4 Å². The first-order valence-electron chi connectivity index (χ1n) is 10.3. The third kappa shape index (κ3) is 4.87. The largest absolute Gasteiger partial charge is 0.471 e. The summed E-state index contributed by atoms with van der Waals surface area (Å²) < 4.78 is 44.0. The molecule has 178 valence electrons. The molecule has 8 nitrogen and oxygen atoms in total. The van der Waals surface area contributed by atoms with Crippen LogP contribution in [0.15, 0.2) is 30.3 Å². The van der Waals surface area contributed by atoms with Gasteiger partial charge in [-0.3, -0.25) is 9.69 Å². The lowest BCUT2D eigenvalue weighted by Crippen LogP contribution is -2.57. The Kier molecular flexibility index (Phi) is 6.52. The third-order valence-electron chi connectivity index (χ3n) is 5.57. The number of piperazine rings is 1. The van der Waals surface area contributed by atoms with Crippen LogP contribution in [0.4, 0.5) is 23.8 Å². The Morgan fingerprint density at radius 2 is 1.88 bits per heavy atom. The van der Waals surface area contributed by atoms with E-state index in [4.69, 9.17) is 22.8 Å². The molecule has 3 heterocycles. The van der Waals surface area contributed by atoms with Gasteiger partial charge in [0.2, 0.25) is 5.28 Å². The molecule has 1 saturated heterocycles. The van der Waals surface area contributed by atoms with Crippen molar-refractivity contribution in [3.8, 4) is 12.3 Å². The highest BCUT2D eigenvalue weighted by Gasteiger charge is 2.45. The molecule has 0 radical (unpaired) electrons. The first-order valence-corrected chi connectivity index (χ1v) is 10.6. The van der Waals surface area contributed by atoms with Crippen LogP contribution in [0.5, 0.6) is 0 Å². The molecule has 12 heteroatoms. The second-order valence-corrected chi connectivity index (χ2v) is 8.10. The molecule has 0 bridgehead atoms. The third-order valence-corrected chi connectivity index (χ3v) is 5.74. The van der Waals surface area contributed by atoms with E-state index in [1.54, 1.807) is 4.90 Å². The molecule has 2 aliphatic rings. The van der Waals surface area contributed by atoms with E-state index < -0.39 is 24.2 Å². The molecule has 1 aromatic heterocycles. The number of alkyl halides is 3. The van der Waals surface area contributed by atoms with Gasteiger partial charge in [-0.1, -0.05) is 36.3 Å². The minimum Gasteiger partial charge on any atom is -0.445 e. The zero-order valence-electron chi connectivity index (χ0n) is 17.8. The van der Waals surface area contributed by atoms with Gasteiger partial charge in [0.1, 0.15) is 18.5 Å². The van der Waals surface area contributed by atoms with E-state index in [1.165, 1.54) is 4.90 Å². The number of halogens is 4. The molecule has 1 aromatic carbocycles. The van der Waals surface area contributed by atoms with E-state index in [2.05, 4.69) is 15.9 Å². The average molecular weight is 494 g/mol. The molecule has 0 N–H and O–H groups in total. The summed E-state index contributed by atoms with van der Waals surface area (Å²) in [5, 5.41) is -0.0854. The van der Waals surface area contributed by atoms with E-state index >= 15 is 0 Å². The van der Waals surface area contributed by atoms with E-state index in [-0.39, 0.29) is 44.6 Å². The van der Waals surface area contributed by atoms with E-state index in [0.29, 0.717) is 22.0 Å². The molecule has 0 spiro atoms. The normalized spacial score (nSPS) is 17.9. The van der Waals surface area contributed by atoms with Crippen molar-refractivity contribution in [1.82, 2.24) is 19.8 Å². The summed E-state index contributed by atoms with van der Waals surface area (Å²) in [6.07, 6.45) is 0.0421. The highest BCUT2D eigenvalue weighted by atomic mass is 35.5. The van der Waals surface area contributed by atoms with Crippen LogP contribution in [-0.4, -0.2) is 63.6 Å². The predicted octanol–water partition coefficient (Wildman–Crippen LogP) is 3.00. The second-order valence-electron chi connectivity index (χ2n) is 7.76. The Balaban J connectivity index is 1.50. The molecule has 2 aromatic rings. The Bertz CT molecular complexity index is 1140.